The zero-order chi connectivity index (χ0) is 17.1. The highest BCUT2D eigenvalue weighted by atomic mass is 16.5. The minimum absolute atomic E-state index is 0.193. The molecule has 0 bridgehead atoms. The van der Waals surface area contributed by atoms with Crippen molar-refractivity contribution in [3.05, 3.63) is 59.4 Å². The molecule has 1 aromatic carbocycles. The lowest BCUT2D eigenvalue weighted by molar-refractivity contribution is 0.0715. The van der Waals surface area contributed by atoms with Crippen LogP contribution < -0.4 is 4.74 Å². The summed E-state index contributed by atoms with van der Waals surface area (Å²) in [6.07, 6.45) is 1.33. The number of carbonyl (C=O) groups excluding carboxylic acids is 1. The van der Waals surface area contributed by atoms with E-state index >= 15 is 0 Å². The lowest BCUT2D eigenvalue weighted by Gasteiger charge is -2.25. The number of aliphatic hydroxyl groups excluding tert-OH is 1. The quantitative estimate of drug-likeness (QED) is 0.932. The number of pyridine rings is 1. The second-order valence-corrected chi connectivity index (χ2v) is 5.68. The fourth-order valence-electron chi connectivity index (χ4n) is 2.99. The molecule has 24 heavy (non-hydrogen) atoms. The molecule has 0 unspecified atom stereocenters. The average molecular weight is 323 g/mol. The second kappa shape index (κ2) is 6.69. The smallest absolute Gasteiger partial charge is 0.254 e. The van der Waals surface area contributed by atoms with E-state index in [9.17, 15) is 9.90 Å². The van der Waals surface area contributed by atoms with E-state index in [1.807, 2.05) is 30.3 Å². The lowest BCUT2D eigenvalue weighted by atomic mass is 10.0. The Labute approximate surface area is 139 Å². The van der Waals surface area contributed by atoms with Gasteiger partial charge in [-0.05, 0) is 36.2 Å². The molecule has 6 heteroatoms. The minimum atomic E-state index is -0.581. The zero-order valence-electron chi connectivity index (χ0n) is 13.2. The molecule has 0 spiro atoms. The van der Waals surface area contributed by atoms with Crippen molar-refractivity contribution in [2.75, 3.05) is 13.7 Å². The summed E-state index contributed by atoms with van der Waals surface area (Å²) in [5.74, 6) is 0.482. The molecule has 1 N–H and O–H groups in total. The van der Waals surface area contributed by atoms with Gasteiger partial charge in [-0.15, -0.1) is 0 Å². The van der Waals surface area contributed by atoms with Gasteiger partial charge in [-0.2, -0.15) is 5.26 Å². The van der Waals surface area contributed by atoms with Crippen LogP contribution in [0.1, 0.15) is 34.1 Å². The molecule has 1 aromatic heterocycles. The predicted octanol–water partition coefficient (Wildman–Crippen LogP) is 1.91. The molecule has 1 saturated heterocycles. The Kier molecular flexibility index (Phi) is 4.45. The van der Waals surface area contributed by atoms with Crippen molar-refractivity contribution in [2.45, 2.75) is 18.6 Å². The normalized spacial score (nSPS) is 19.8. The van der Waals surface area contributed by atoms with Gasteiger partial charge in [0.1, 0.15) is 17.5 Å². The van der Waals surface area contributed by atoms with Crippen molar-refractivity contribution in [3.63, 3.8) is 0 Å². The monoisotopic (exact) mass is 323 g/mol. The van der Waals surface area contributed by atoms with Crippen molar-refractivity contribution >= 4 is 5.91 Å². The highest BCUT2D eigenvalue weighted by Crippen LogP contribution is 2.34. The van der Waals surface area contributed by atoms with Gasteiger partial charge >= 0.3 is 0 Å². The van der Waals surface area contributed by atoms with E-state index in [1.54, 1.807) is 18.1 Å². The van der Waals surface area contributed by atoms with E-state index in [-0.39, 0.29) is 24.2 Å². The number of hydrogen-bond acceptors (Lipinski definition) is 5. The SMILES string of the molecule is COc1cccc([C@H]2C[C@H](O)CN2C(=O)c2ccnc(C#N)c2)c1. The van der Waals surface area contributed by atoms with E-state index in [4.69, 9.17) is 10.00 Å². The zero-order valence-corrected chi connectivity index (χ0v) is 13.2. The lowest BCUT2D eigenvalue weighted by Crippen LogP contribution is -2.31. The van der Waals surface area contributed by atoms with Gasteiger partial charge in [-0.3, -0.25) is 4.79 Å². The largest absolute Gasteiger partial charge is 0.497 e. The number of β-amino-alcohol motifs (C(OH)–C–C–N with tert-alkyl or cyclic N) is 1. The molecule has 1 aliphatic heterocycles. The van der Waals surface area contributed by atoms with Crippen LogP contribution in [0.4, 0.5) is 0 Å². The fraction of sp³-hybridized carbons (Fsp3) is 0.278. The second-order valence-electron chi connectivity index (χ2n) is 5.68. The predicted molar refractivity (Wildman–Crippen MR) is 86.3 cm³/mol. The van der Waals surface area contributed by atoms with Crippen molar-refractivity contribution < 1.29 is 14.6 Å². The fourth-order valence-corrected chi connectivity index (χ4v) is 2.99. The maximum Gasteiger partial charge on any atom is 0.254 e. The molecule has 1 aliphatic rings. The summed E-state index contributed by atoms with van der Waals surface area (Å²) in [6, 6.07) is 12.2. The summed E-state index contributed by atoms with van der Waals surface area (Å²) in [5, 5.41) is 19.0. The molecule has 2 aromatic rings. The molecule has 0 aliphatic carbocycles. The summed E-state index contributed by atoms with van der Waals surface area (Å²) in [5.41, 5.74) is 1.50. The summed E-state index contributed by atoms with van der Waals surface area (Å²) in [6.45, 7) is 0.255. The molecule has 1 fully saturated rings. The van der Waals surface area contributed by atoms with Crippen LogP contribution in [-0.2, 0) is 0 Å². The molecule has 2 heterocycles. The van der Waals surface area contributed by atoms with Crippen LogP contribution >= 0.6 is 0 Å². The maximum atomic E-state index is 12.8. The molecule has 0 saturated carbocycles. The van der Waals surface area contributed by atoms with Gasteiger partial charge < -0.3 is 14.7 Å². The molecular formula is C18H17N3O3. The third-order valence-corrected chi connectivity index (χ3v) is 4.14. The Morgan fingerprint density at radius 3 is 3.00 bits per heavy atom. The number of ether oxygens (including phenoxy) is 1. The minimum Gasteiger partial charge on any atom is -0.497 e. The molecular weight excluding hydrogens is 306 g/mol. The van der Waals surface area contributed by atoms with Crippen LogP contribution in [0.25, 0.3) is 0 Å². The topological polar surface area (TPSA) is 86.5 Å². The first-order valence-corrected chi connectivity index (χ1v) is 7.61. The molecule has 2 atom stereocenters. The van der Waals surface area contributed by atoms with Crippen LogP contribution in [0.3, 0.4) is 0 Å². The Morgan fingerprint density at radius 1 is 1.42 bits per heavy atom. The number of methoxy groups -OCH3 is 1. The Hall–Kier alpha value is -2.91. The summed E-state index contributed by atoms with van der Waals surface area (Å²) in [7, 11) is 1.59. The number of aliphatic hydroxyl groups is 1. The van der Waals surface area contributed by atoms with Crippen LogP contribution in [0.15, 0.2) is 42.6 Å². The highest BCUT2D eigenvalue weighted by molar-refractivity contribution is 5.95. The Morgan fingerprint density at radius 2 is 2.25 bits per heavy atom. The van der Waals surface area contributed by atoms with Crippen LogP contribution in [0.5, 0.6) is 5.75 Å². The number of amides is 1. The average Bonchev–Trinajstić information content (AvgIpc) is 3.03. The summed E-state index contributed by atoms with van der Waals surface area (Å²) >= 11 is 0. The van der Waals surface area contributed by atoms with Gasteiger partial charge in [0.05, 0.1) is 19.3 Å². The molecule has 0 radical (unpaired) electrons. The van der Waals surface area contributed by atoms with Gasteiger partial charge in [0.2, 0.25) is 0 Å². The first-order valence-electron chi connectivity index (χ1n) is 7.61. The van der Waals surface area contributed by atoms with Crippen molar-refractivity contribution in [2.24, 2.45) is 0 Å². The van der Waals surface area contributed by atoms with Crippen molar-refractivity contribution in [3.8, 4) is 11.8 Å². The molecule has 1 amide bonds. The molecule has 122 valence electrons. The van der Waals surface area contributed by atoms with Gasteiger partial charge in [-0.25, -0.2) is 4.98 Å². The third-order valence-electron chi connectivity index (χ3n) is 4.14. The van der Waals surface area contributed by atoms with Crippen molar-refractivity contribution in [1.82, 2.24) is 9.88 Å². The summed E-state index contributed by atoms with van der Waals surface area (Å²) < 4.78 is 5.24. The van der Waals surface area contributed by atoms with Gasteiger partial charge in [0.15, 0.2) is 0 Å². The van der Waals surface area contributed by atoms with Crippen LogP contribution in [0.2, 0.25) is 0 Å². The third kappa shape index (κ3) is 3.07. The number of carbonyl (C=O) groups is 1. The highest BCUT2D eigenvalue weighted by Gasteiger charge is 2.36. The van der Waals surface area contributed by atoms with E-state index < -0.39 is 6.10 Å². The number of benzene rings is 1. The number of hydrogen-bond donors (Lipinski definition) is 1. The summed E-state index contributed by atoms with van der Waals surface area (Å²) in [4.78, 5) is 18.4. The van der Waals surface area contributed by atoms with Crippen molar-refractivity contribution in [1.29, 1.82) is 5.26 Å². The van der Waals surface area contributed by atoms with Gasteiger partial charge in [0, 0.05) is 18.3 Å². The molecule has 3 rings (SSSR count). The van der Waals surface area contributed by atoms with Crippen LogP contribution in [0, 0.1) is 11.3 Å². The Balaban J connectivity index is 1.92. The standard InChI is InChI=1S/C18H17N3O3/c1-24-16-4-2-3-12(8-16)17-9-15(22)11-21(17)18(23)13-5-6-20-14(7-13)10-19/h2-8,15,17,22H,9,11H2,1H3/t15-,17+/m0/s1. The molecule has 6 nitrogen and oxygen atoms in total. The number of aromatic nitrogens is 1. The van der Waals surface area contributed by atoms with Crippen LogP contribution in [-0.4, -0.2) is 40.7 Å². The van der Waals surface area contributed by atoms with E-state index in [1.165, 1.54) is 12.3 Å². The number of rotatable bonds is 3. The number of nitrogens with zero attached hydrogens (tertiary/aromatic N) is 3. The van der Waals surface area contributed by atoms with E-state index in [2.05, 4.69) is 4.98 Å². The first-order chi connectivity index (χ1) is 11.6. The number of nitriles is 1. The van der Waals surface area contributed by atoms with Gasteiger partial charge in [0.25, 0.3) is 5.91 Å². The van der Waals surface area contributed by atoms with E-state index in [0.29, 0.717) is 17.7 Å². The first kappa shape index (κ1) is 16.0. The van der Waals surface area contributed by atoms with Gasteiger partial charge in [-0.1, -0.05) is 12.1 Å². The maximum absolute atomic E-state index is 12.8. The Bertz CT molecular complexity index is 800. The number of likely N-dealkylation sites (tertiary alicyclic amines) is 1. The van der Waals surface area contributed by atoms with E-state index in [0.717, 1.165) is 5.56 Å².